The molecule has 8 nitrogen and oxygen atoms in total. The van der Waals surface area contributed by atoms with Gasteiger partial charge in [-0.25, -0.2) is 4.57 Å². The van der Waals surface area contributed by atoms with Crippen molar-refractivity contribution in [2.75, 3.05) is 7.11 Å². The van der Waals surface area contributed by atoms with Crippen molar-refractivity contribution in [1.29, 1.82) is 0 Å². The van der Waals surface area contributed by atoms with Crippen LogP contribution >= 0.6 is 7.82 Å². The van der Waals surface area contributed by atoms with Crippen LogP contribution in [0.4, 0.5) is 0 Å². The molecule has 0 saturated heterocycles. The Morgan fingerprint density at radius 3 is 2.56 bits per heavy atom. The van der Waals surface area contributed by atoms with E-state index in [1.165, 1.54) is 20.2 Å². The van der Waals surface area contributed by atoms with Gasteiger partial charge in [-0.15, -0.1) is 0 Å². The average molecular weight is 279 g/mol. The number of aromatic nitrogens is 1. The highest BCUT2D eigenvalue weighted by molar-refractivity contribution is 7.46. The summed E-state index contributed by atoms with van der Waals surface area (Å²) in [5.41, 5.74) is 0.364. The number of hydrogen-bond donors (Lipinski definition) is 4. The molecule has 0 aromatic carbocycles. The number of ether oxygens (including phenoxy) is 1. The third-order valence-electron chi connectivity index (χ3n) is 2.23. The fourth-order valence-electron chi connectivity index (χ4n) is 1.38. The lowest BCUT2D eigenvalue weighted by atomic mass is 10.1. The van der Waals surface area contributed by atoms with E-state index < -0.39 is 20.7 Å². The second-order valence-corrected chi connectivity index (χ2v) is 4.64. The molecule has 1 rings (SSSR count). The Kier molecular flexibility index (Phi) is 4.80. The van der Waals surface area contributed by atoms with Gasteiger partial charge in [-0.05, 0) is 6.92 Å². The largest absolute Gasteiger partial charge is 0.506 e. The number of methoxy groups -OCH3 is 1. The molecule has 0 aliphatic rings. The summed E-state index contributed by atoms with van der Waals surface area (Å²) in [5.74, 6) is -0.272. The first-order valence-corrected chi connectivity index (χ1v) is 6.38. The number of pyridine rings is 1. The van der Waals surface area contributed by atoms with Crippen molar-refractivity contribution in [3.05, 3.63) is 23.0 Å². The van der Waals surface area contributed by atoms with Crippen LogP contribution in [0.5, 0.6) is 5.75 Å². The van der Waals surface area contributed by atoms with Crippen LogP contribution in [-0.4, -0.2) is 32.1 Å². The summed E-state index contributed by atoms with van der Waals surface area (Å²) >= 11 is 0. The lowest BCUT2D eigenvalue weighted by molar-refractivity contribution is -0.0725. The molecule has 102 valence electrons. The molecule has 1 heterocycles. The van der Waals surface area contributed by atoms with Crippen LogP contribution < -0.4 is 0 Å². The predicted molar refractivity (Wildman–Crippen MR) is 59.4 cm³/mol. The molecule has 0 amide bonds. The summed E-state index contributed by atoms with van der Waals surface area (Å²) in [6, 6.07) is 0. The summed E-state index contributed by atoms with van der Waals surface area (Å²) in [7, 11) is -3.61. The van der Waals surface area contributed by atoms with Crippen LogP contribution in [0.3, 0.4) is 0 Å². The Hall–Kier alpha value is -1.02. The van der Waals surface area contributed by atoms with Gasteiger partial charge in [-0.2, -0.15) is 0 Å². The number of aliphatic hydroxyl groups is 1. The van der Waals surface area contributed by atoms with E-state index >= 15 is 0 Å². The Morgan fingerprint density at radius 1 is 1.50 bits per heavy atom. The molecule has 1 aromatic rings. The van der Waals surface area contributed by atoms with E-state index in [-0.39, 0.29) is 22.6 Å². The zero-order valence-corrected chi connectivity index (χ0v) is 10.7. The van der Waals surface area contributed by atoms with Crippen LogP contribution in [-0.2, 0) is 20.4 Å². The summed E-state index contributed by atoms with van der Waals surface area (Å²) in [6.45, 7) is 0.971. The summed E-state index contributed by atoms with van der Waals surface area (Å²) < 4.78 is 19.9. The van der Waals surface area contributed by atoms with Crippen molar-refractivity contribution < 1.29 is 33.8 Å². The fourth-order valence-corrected chi connectivity index (χ4v) is 1.83. The highest BCUT2D eigenvalue weighted by Gasteiger charge is 2.27. The van der Waals surface area contributed by atoms with E-state index in [4.69, 9.17) is 14.5 Å². The molecule has 1 unspecified atom stereocenters. The number of aliphatic hydroxyl groups excluding tert-OH is 1. The molecular formula is C9H14NO7P. The van der Waals surface area contributed by atoms with Gasteiger partial charge in [0.15, 0.2) is 6.29 Å². The van der Waals surface area contributed by atoms with Crippen molar-refractivity contribution in [3.8, 4) is 5.75 Å². The zero-order valence-electron chi connectivity index (χ0n) is 9.77. The predicted octanol–water partition coefficient (Wildman–Crippen LogP) is 0.342. The number of aryl methyl sites for hydroxylation is 1. The van der Waals surface area contributed by atoms with Gasteiger partial charge in [0, 0.05) is 24.4 Å². The SMILES string of the molecule is COC(OP(=O)(O)O)c1cnc(C)c(O)c1CO. The van der Waals surface area contributed by atoms with Crippen molar-refractivity contribution in [3.63, 3.8) is 0 Å². The van der Waals surface area contributed by atoms with E-state index in [0.29, 0.717) is 0 Å². The lowest BCUT2D eigenvalue weighted by Gasteiger charge is -2.19. The first-order valence-electron chi connectivity index (χ1n) is 4.85. The van der Waals surface area contributed by atoms with Crippen LogP contribution in [0.2, 0.25) is 0 Å². The van der Waals surface area contributed by atoms with E-state index in [1.807, 2.05) is 0 Å². The maximum absolute atomic E-state index is 10.8. The topological polar surface area (TPSA) is 129 Å². The van der Waals surface area contributed by atoms with Crippen molar-refractivity contribution in [2.45, 2.75) is 19.8 Å². The minimum Gasteiger partial charge on any atom is -0.506 e. The molecule has 0 fully saturated rings. The van der Waals surface area contributed by atoms with E-state index in [1.54, 1.807) is 0 Å². The Morgan fingerprint density at radius 2 is 2.11 bits per heavy atom. The molecule has 1 aromatic heterocycles. The molecule has 0 saturated carbocycles. The van der Waals surface area contributed by atoms with Crippen molar-refractivity contribution in [1.82, 2.24) is 4.98 Å². The summed E-state index contributed by atoms with van der Waals surface area (Å²) in [6.07, 6.45) is -0.225. The van der Waals surface area contributed by atoms with Crippen LogP contribution in [0, 0.1) is 6.92 Å². The van der Waals surface area contributed by atoms with Gasteiger partial charge in [0.2, 0.25) is 0 Å². The first kappa shape index (κ1) is 15.0. The highest BCUT2D eigenvalue weighted by atomic mass is 31.2. The van der Waals surface area contributed by atoms with Crippen LogP contribution in [0.25, 0.3) is 0 Å². The van der Waals surface area contributed by atoms with Crippen LogP contribution in [0.15, 0.2) is 6.20 Å². The molecule has 0 radical (unpaired) electrons. The monoisotopic (exact) mass is 279 g/mol. The van der Waals surface area contributed by atoms with E-state index in [0.717, 1.165) is 0 Å². The molecule has 0 bridgehead atoms. The Bertz CT molecular complexity index is 472. The standard InChI is InChI=1S/C9H14NO7P/c1-5-8(12)7(4-11)6(3-10-5)9(16-2)17-18(13,14)15/h3,9,11-12H,4H2,1-2H3,(H2,13,14,15). The minimum atomic E-state index is -4.78. The quantitative estimate of drug-likeness (QED) is 0.448. The maximum atomic E-state index is 10.8. The number of phosphoric acid groups is 1. The minimum absolute atomic E-state index is 0.0443. The van der Waals surface area contributed by atoms with Gasteiger partial charge in [0.1, 0.15) is 5.75 Å². The molecule has 9 heteroatoms. The smallest absolute Gasteiger partial charge is 0.472 e. The van der Waals surface area contributed by atoms with Crippen LogP contribution in [0.1, 0.15) is 23.1 Å². The molecule has 0 aliphatic carbocycles. The fraction of sp³-hybridized carbons (Fsp3) is 0.444. The van der Waals surface area contributed by atoms with Gasteiger partial charge in [-0.3, -0.25) is 9.51 Å². The van der Waals surface area contributed by atoms with Crippen molar-refractivity contribution in [2.24, 2.45) is 0 Å². The zero-order chi connectivity index (χ0) is 13.9. The van der Waals surface area contributed by atoms with Gasteiger partial charge < -0.3 is 24.7 Å². The number of aromatic hydroxyl groups is 1. The molecule has 1 atom stereocenters. The number of rotatable bonds is 5. The van der Waals surface area contributed by atoms with Gasteiger partial charge >= 0.3 is 7.82 Å². The molecular weight excluding hydrogens is 265 g/mol. The first-order chi connectivity index (χ1) is 8.30. The summed E-state index contributed by atoms with van der Waals surface area (Å²) in [5, 5.41) is 18.9. The maximum Gasteiger partial charge on any atom is 0.472 e. The Balaban J connectivity index is 3.21. The average Bonchev–Trinajstić information content (AvgIpc) is 2.28. The molecule has 4 N–H and O–H groups in total. The van der Waals surface area contributed by atoms with E-state index in [2.05, 4.69) is 9.51 Å². The summed E-state index contributed by atoms with van der Waals surface area (Å²) in [4.78, 5) is 21.3. The highest BCUT2D eigenvalue weighted by Crippen LogP contribution is 2.43. The van der Waals surface area contributed by atoms with Crippen molar-refractivity contribution >= 4 is 7.82 Å². The second-order valence-electron chi connectivity index (χ2n) is 3.45. The number of nitrogens with zero attached hydrogens (tertiary/aromatic N) is 1. The Labute approximate surface area is 103 Å². The molecule has 18 heavy (non-hydrogen) atoms. The van der Waals surface area contributed by atoms with Gasteiger partial charge in [0.05, 0.1) is 12.3 Å². The molecule has 0 spiro atoms. The van der Waals surface area contributed by atoms with Gasteiger partial charge in [-0.1, -0.05) is 0 Å². The number of phosphoric ester groups is 1. The van der Waals surface area contributed by atoms with E-state index in [9.17, 15) is 14.8 Å². The number of hydrogen-bond acceptors (Lipinski definition) is 6. The second kappa shape index (κ2) is 5.75. The third-order valence-corrected chi connectivity index (χ3v) is 2.70. The third kappa shape index (κ3) is 3.49. The molecule has 0 aliphatic heterocycles. The van der Waals surface area contributed by atoms with Gasteiger partial charge in [0.25, 0.3) is 0 Å². The normalized spacial score (nSPS) is 13.6. The lowest BCUT2D eigenvalue weighted by Crippen LogP contribution is -2.10.